The van der Waals surface area contributed by atoms with Crippen LogP contribution < -0.4 is 16.0 Å². The van der Waals surface area contributed by atoms with Gasteiger partial charge >= 0.3 is 0 Å². The van der Waals surface area contributed by atoms with E-state index in [1.165, 1.54) is 24.8 Å². The van der Waals surface area contributed by atoms with Crippen LogP contribution in [-0.4, -0.2) is 17.1 Å². The molecular formula is C13H20N4O. The Morgan fingerprint density at radius 3 is 2.89 bits per heavy atom. The lowest BCUT2D eigenvalue weighted by atomic mass is 9.93. The fourth-order valence-corrected chi connectivity index (χ4v) is 2.32. The number of hydrazine groups is 1. The number of hydrogen-bond donors (Lipinski definition) is 2. The highest BCUT2D eigenvalue weighted by Gasteiger charge is 2.19. The van der Waals surface area contributed by atoms with Gasteiger partial charge in [0.2, 0.25) is 5.88 Å². The maximum absolute atomic E-state index is 5.65. The Hall–Kier alpha value is -1.46. The summed E-state index contributed by atoms with van der Waals surface area (Å²) in [6.07, 6.45) is 11.3. The highest BCUT2D eigenvalue weighted by molar-refractivity contribution is 5.23. The molecule has 0 saturated carbocycles. The summed E-state index contributed by atoms with van der Waals surface area (Å²) in [6.45, 7) is 0. The Balaban J connectivity index is 2.14. The van der Waals surface area contributed by atoms with Crippen molar-refractivity contribution in [2.75, 3.05) is 7.11 Å². The second-order valence-electron chi connectivity index (χ2n) is 4.48. The average Bonchev–Trinajstić information content (AvgIpc) is 2.46. The van der Waals surface area contributed by atoms with Gasteiger partial charge in [-0.05, 0) is 32.1 Å². The minimum atomic E-state index is -0.0435. The molecule has 1 aromatic rings. The van der Waals surface area contributed by atoms with E-state index in [0.717, 1.165) is 18.5 Å². The maximum Gasteiger partial charge on any atom is 0.237 e. The predicted molar refractivity (Wildman–Crippen MR) is 69.8 cm³/mol. The molecule has 1 aliphatic rings. The smallest absolute Gasteiger partial charge is 0.237 e. The van der Waals surface area contributed by atoms with Crippen molar-refractivity contribution in [1.29, 1.82) is 0 Å². The summed E-state index contributed by atoms with van der Waals surface area (Å²) in [7, 11) is 1.60. The van der Waals surface area contributed by atoms with E-state index in [9.17, 15) is 0 Å². The molecule has 1 unspecified atom stereocenters. The van der Waals surface area contributed by atoms with Crippen LogP contribution in [0.3, 0.4) is 0 Å². The van der Waals surface area contributed by atoms with Gasteiger partial charge in [0.15, 0.2) is 0 Å². The van der Waals surface area contributed by atoms with Crippen LogP contribution in [0.2, 0.25) is 0 Å². The molecule has 3 N–H and O–H groups in total. The van der Waals surface area contributed by atoms with Crippen LogP contribution in [0.25, 0.3) is 0 Å². The third-order valence-corrected chi connectivity index (χ3v) is 3.27. The third-order valence-electron chi connectivity index (χ3n) is 3.27. The van der Waals surface area contributed by atoms with Gasteiger partial charge in [0.1, 0.15) is 5.69 Å². The molecule has 0 radical (unpaired) electrons. The monoisotopic (exact) mass is 248 g/mol. The summed E-state index contributed by atoms with van der Waals surface area (Å²) in [5.74, 6) is 6.18. The Labute approximate surface area is 107 Å². The largest absolute Gasteiger partial charge is 0.480 e. The first-order valence-corrected chi connectivity index (χ1v) is 6.34. The molecule has 1 heterocycles. The number of hydrogen-bond acceptors (Lipinski definition) is 5. The van der Waals surface area contributed by atoms with Gasteiger partial charge in [0.25, 0.3) is 0 Å². The minimum Gasteiger partial charge on any atom is -0.480 e. The Kier molecular flexibility index (Phi) is 4.66. The molecular weight excluding hydrogens is 228 g/mol. The van der Waals surface area contributed by atoms with Crippen LogP contribution >= 0.6 is 0 Å². The van der Waals surface area contributed by atoms with Crippen molar-refractivity contribution in [3.8, 4) is 5.88 Å². The average molecular weight is 248 g/mol. The second-order valence-corrected chi connectivity index (χ2v) is 4.48. The van der Waals surface area contributed by atoms with E-state index < -0.39 is 0 Å². The third kappa shape index (κ3) is 3.05. The number of allylic oxidation sites excluding steroid dienone is 1. The van der Waals surface area contributed by atoms with Crippen molar-refractivity contribution in [2.24, 2.45) is 5.84 Å². The highest BCUT2D eigenvalue weighted by atomic mass is 16.5. The van der Waals surface area contributed by atoms with Gasteiger partial charge in [0, 0.05) is 12.4 Å². The second kappa shape index (κ2) is 6.47. The zero-order valence-electron chi connectivity index (χ0n) is 10.7. The highest BCUT2D eigenvalue weighted by Crippen LogP contribution is 2.29. The minimum absolute atomic E-state index is 0.0435. The Morgan fingerprint density at radius 2 is 2.22 bits per heavy atom. The van der Waals surface area contributed by atoms with Crippen molar-refractivity contribution in [3.05, 3.63) is 29.7 Å². The van der Waals surface area contributed by atoms with E-state index in [1.807, 2.05) is 0 Å². The van der Waals surface area contributed by atoms with Gasteiger partial charge in [0.05, 0.1) is 13.2 Å². The molecule has 0 amide bonds. The van der Waals surface area contributed by atoms with Crippen LogP contribution in [-0.2, 0) is 0 Å². The zero-order chi connectivity index (χ0) is 12.8. The molecule has 0 bridgehead atoms. The first-order chi connectivity index (χ1) is 8.85. The van der Waals surface area contributed by atoms with E-state index in [2.05, 4.69) is 21.5 Å². The SMILES string of the molecule is COc1nccnc1C(CC1=CCCCC1)NN. The fraction of sp³-hybridized carbons (Fsp3) is 0.538. The molecule has 2 rings (SSSR count). The molecule has 0 spiro atoms. The Bertz CT molecular complexity index is 419. The van der Waals surface area contributed by atoms with Crippen molar-refractivity contribution in [1.82, 2.24) is 15.4 Å². The number of ether oxygens (including phenoxy) is 1. The van der Waals surface area contributed by atoms with Crippen molar-refractivity contribution < 1.29 is 4.74 Å². The van der Waals surface area contributed by atoms with Crippen LogP contribution in [0.5, 0.6) is 5.88 Å². The summed E-state index contributed by atoms with van der Waals surface area (Å²) in [4.78, 5) is 8.49. The number of nitrogens with one attached hydrogen (secondary N) is 1. The molecule has 5 heteroatoms. The summed E-state index contributed by atoms with van der Waals surface area (Å²) in [6, 6.07) is -0.0435. The van der Waals surface area contributed by atoms with Crippen molar-refractivity contribution in [2.45, 2.75) is 38.1 Å². The van der Waals surface area contributed by atoms with Gasteiger partial charge < -0.3 is 4.74 Å². The topological polar surface area (TPSA) is 73.1 Å². The van der Waals surface area contributed by atoms with Crippen LogP contribution in [0.1, 0.15) is 43.8 Å². The van der Waals surface area contributed by atoms with Gasteiger partial charge in [-0.2, -0.15) is 0 Å². The maximum atomic E-state index is 5.65. The van der Waals surface area contributed by atoms with Crippen molar-refractivity contribution >= 4 is 0 Å². The first-order valence-electron chi connectivity index (χ1n) is 6.34. The lowest BCUT2D eigenvalue weighted by Crippen LogP contribution is -2.29. The van der Waals surface area contributed by atoms with Gasteiger partial charge in [-0.1, -0.05) is 11.6 Å². The molecule has 5 nitrogen and oxygen atoms in total. The summed E-state index contributed by atoms with van der Waals surface area (Å²) in [5, 5.41) is 0. The van der Waals surface area contributed by atoms with E-state index in [4.69, 9.17) is 10.6 Å². The normalized spacial score (nSPS) is 17.1. The predicted octanol–water partition coefficient (Wildman–Crippen LogP) is 1.88. The van der Waals surface area contributed by atoms with Gasteiger partial charge in [-0.25, -0.2) is 4.98 Å². The van der Waals surface area contributed by atoms with E-state index in [0.29, 0.717) is 5.88 Å². The molecule has 1 aromatic heterocycles. The molecule has 18 heavy (non-hydrogen) atoms. The van der Waals surface area contributed by atoms with Crippen LogP contribution in [0.4, 0.5) is 0 Å². The van der Waals surface area contributed by atoms with Gasteiger partial charge in [-0.15, -0.1) is 0 Å². The molecule has 0 saturated heterocycles. The molecule has 0 aliphatic heterocycles. The standard InChI is InChI=1S/C13H20N4O/c1-18-13-12(15-7-8-16-13)11(17-14)9-10-5-3-2-4-6-10/h5,7-8,11,17H,2-4,6,9,14H2,1H3. The number of nitrogens with two attached hydrogens (primary N) is 1. The first kappa shape index (κ1) is 13.0. The quantitative estimate of drug-likeness (QED) is 0.473. The lowest BCUT2D eigenvalue weighted by molar-refractivity contribution is 0.376. The van der Waals surface area contributed by atoms with Gasteiger partial charge in [-0.3, -0.25) is 16.3 Å². The summed E-state index contributed by atoms with van der Waals surface area (Å²) >= 11 is 0. The molecule has 1 atom stereocenters. The molecule has 0 aromatic carbocycles. The Morgan fingerprint density at radius 1 is 1.39 bits per heavy atom. The molecule has 1 aliphatic carbocycles. The fourth-order valence-electron chi connectivity index (χ4n) is 2.32. The lowest BCUT2D eigenvalue weighted by Gasteiger charge is -2.20. The number of methoxy groups -OCH3 is 1. The number of aromatic nitrogens is 2. The molecule has 98 valence electrons. The number of nitrogens with zero attached hydrogens (tertiary/aromatic N) is 2. The zero-order valence-corrected chi connectivity index (χ0v) is 10.7. The van der Waals surface area contributed by atoms with Crippen molar-refractivity contribution in [3.63, 3.8) is 0 Å². The molecule has 0 fully saturated rings. The van der Waals surface area contributed by atoms with E-state index in [-0.39, 0.29) is 6.04 Å². The van der Waals surface area contributed by atoms with E-state index >= 15 is 0 Å². The van der Waals surface area contributed by atoms with Crippen LogP contribution in [0.15, 0.2) is 24.0 Å². The van der Waals surface area contributed by atoms with E-state index in [1.54, 1.807) is 19.5 Å². The number of rotatable bonds is 5. The summed E-state index contributed by atoms with van der Waals surface area (Å²) < 4.78 is 5.23. The summed E-state index contributed by atoms with van der Waals surface area (Å²) in [5.41, 5.74) is 5.03. The van der Waals surface area contributed by atoms with Crippen LogP contribution in [0, 0.1) is 0 Å².